The quantitative estimate of drug-likeness (QED) is 0.578. The van der Waals surface area contributed by atoms with Crippen LogP contribution in [-0.2, 0) is 14.2 Å². The van der Waals surface area contributed by atoms with Gasteiger partial charge in [-0.2, -0.15) is 22.0 Å². The highest BCUT2D eigenvalue weighted by Gasteiger charge is 2.76. The van der Waals surface area contributed by atoms with Crippen molar-refractivity contribution >= 4 is 6.16 Å². The average molecular weight is 264 g/mol. The summed E-state index contributed by atoms with van der Waals surface area (Å²) in [5.41, 5.74) is 0. The molecule has 4 nitrogen and oxygen atoms in total. The Morgan fingerprint density at radius 2 is 1.94 bits per heavy atom. The molecule has 0 aromatic heterocycles. The second-order valence-electron chi connectivity index (χ2n) is 3.31. The van der Waals surface area contributed by atoms with Gasteiger partial charge in [-0.25, -0.2) is 4.79 Å². The molecule has 1 heterocycles. The van der Waals surface area contributed by atoms with Gasteiger partial charge in [0.1, 0.15) is 0 Å². The number of hydrogen-bond acceptors (Lipinski definition) is 4. The molecular formula is C8H9F5O4. The number of ether oxygens (including phenoxy) is 3. The van der Waals surface area contributed by atoms with Gasteiger partial charge in [-0.05, 0) is 6.42 Å². The van der Waals surface area contributed by atoms with Crippen LogP contribution in [0.15, 0.2) is 0 Å². The maximum atomic E-state index is 13.2. The standard InChI is InChI=1S/C8H9F5O4/c1-2-3-16-6(4-15-5(14)17-6)7(9,10)8(11,12)13/h2-4H2,1H3. The zero-order valence-corrected chi connectivity index (χ0v) is 8.64. The largest absolute Gasteiger partial charge is 0.511 e. The molecule has 1 fully saturated rings. The van der Waals surface area contributed by atoms with Gasteiger partial charge >= 0.3 is 24.0 Å². The maximum absolute atomic E-state index is 13.2. The van der Waals surface area contributed by atoms with Gasteiger partial charge in [0.05, 0.1) is 6.61 Å². The van der Waals surface area contributed by atoms with Crippen molar-refractivity contribution in [3.63, 3.8) is 0 Å². The highest BCUT2D eigenvalue weighted by Crippen LogP contribution is 2.48. The first-order chi connectivity index (χ1) is 7.66. The lowest BCUT2D eigenvalue weighted by molar-refractivity contribution is -0.393. The normalized spacial score (nSPS) is 25.6. The zero-order chi connectivity index (χ0) is 13.3. The Morgan fingerprint density at radius 1 is 1.35 bits per heavy atom. The topological polar surface area (TPSA) is 44.8 Å². The predicted molar refractivity (Wildman–Crippen MR) is 42.4 cm³/mol. The van der Waals surface area contributed by atoms with Gasteiger partial charge in [0.2, 0.25) is 0 Å². The highest BCUT2D eigenvalue weighted by atomic mass is 19.4. The van der Waals surface area contributed by atoms with Crippen LogP contribution in [0, 0.1) is 0 Å². The number of cyclic esters (lactones) is 2. The SMILES string of the molecule is CCCOC1(C(F)(F)C(F)(F)F)COC(=O)O1. The molecule has 0 amide bonds. The predicted octanol–water partition coefficient (Wildman–Crippen LogP) is 2.47. The highest BCUT2D eigenvalue weighted by molar-refractivity contribution is 5.62. The van der Waals surface area contributed by atoms with E-state index >= 15 is 0 Å². The molecule has 0 spiro atoms. The van der Waals surface area contributed by atoms with Crippen molar-refractivity contribution in [2.24, 2.45) is 0 Å². The van der Waals surface area contributed by atoms with E-state index in [1.165, 1.54) is 6.92 Å². The van der Waals surface area contributed by atoms with Crippen molar-refractivity contribution in [3.8, 4) is 0 Å². The van der Waals surface area contributed by atoms with Crippen molar-refractivity contribution in [1.82, 2.24) is 0 Å². The third kappa shape index (κ3) is 2.28. The van der Waals surface area contributed by atoms with Crippen LogP contribution in [0.5, 0.6) is 0 Å². The second kappa shape index (κ2) is 4.28. The fraction of sp³-hybridized carbons (Fsp3) is 0.875. The summed E-state index contributed by atoms with van der Waals surface area (Å²) in [7, 11) is 0. The molecule has 1 unspecified atom stereocenters. The van der Waals surface area contributed by atoms with E-state index in [1.54, 1.807) is 0 Å². The Hall–Kier alpha value is -1.12. The first-order valence-electron chi connectivity index (χ1n) is 4.60. The van der Waals surface area contributed by atoms with Gasteiger partial charge in [-0.3, -0.25) is 0 Å². The smallest absolute Gasteiger partial charge is 0.427 e. The number of rotatable bonds is 4. The van der Waals surface area contributed by atoms with E-state index in [0.717, 1.165) is 0 Å². The van der Waals surface area contributed by atoms with Crippen LogP contribution in [0.25, 0.3) is 0 Å². The van der Waals surface area contributed by atoms with Gasteiger partial charge in [-0.15, -0.1) is 0 Å². The zero-order valence-electron chi connectivity index (χ0n) is 8.64. The summed E-state index contributed by atoms with van der Waals surface area (Å²) < 4.78 is 75.2. The summed E-state index contributed by atoms with van der Waals surface area (Å²) in [5, 5.41) is 0. The van der Waals surface area contributed by atoms with E-state index in [1.807, 2.05) is 0 Å². The number of hydrogen-bond donors (Lipinski definition) is 0. The summed E-state index contributed by atoms with van der Waals surface area (Å²) in [6.07, 6.45) is -7.35. The lowest BCUT2D eigenvalue weighted by atomic mass is 10.1. The summed E-state index contributed by atoms with van der Waals surface area (Å²) in [6, 6.07) is 0. The number of carbonyl (C=O) groups is 1. The van der Waals surface area contributed by atoms with Crippen molar-refractivity contribution in [2.75, 3.05) is 13.2 Å². The molecule has 0 aromatic rings. The summed E-state index contributed by atoms with van der Waals surface area (Å²) in [5.74, 6) is -8.78. The fourth-order valence-corrected chi connectivity index (χ4v) is 1.15. The molecule has 0 saturated carbocycles. The van der Waals surface area contributed by atoms with Crippen LogP contribution in [0.2, 0.25) is 0 Å². The first kappa shape index (κ1) is 13.9. The average Bonchev–Trinajstić information content (AvgIpc) is 2.57. The van der Waals surface area contributed by atoms with Crippen molar-refractivity contribution in [3.05, 3.63) is 0 Å². The Labute approximate surface area is 92.6 Å². The molecule has 0 aromatic carbocycles. The molecule has 1 atom stereocenters. The summed E-state index contributed by atoms with van der Waals surface area (Å²) >= 11 is 0. The third-order valence-corrected chi connectivity index (χ3v) is 2.00. The minimum Gasteiger partial charge on any atom is -0.427 e. The molecule has 0 radical (unpaired) electrons. The third-order valence-electron chi connectivity index (χ3n) is 2.00. The number of alkyl halides is 5. The van der Waals surface area contributed by atoms with Gasteiger partial charge in [0.15, 0.2) is 6.61 Å². The van der Waals surface area contributed by atoms with Crippen LogP contribution in [0.1, 0.15) is 13.3 Å². The van der Waals surface area contributed by atoms with Crippen LogP contribution in [-0.4, -0.2) is 37.3 Å². The fourth-order valence-electron chi connectivity index (χ4n) is 1.15. The second-order valence-corrected chi connectivity index (χ2v) is 3.31. The van der Waals surface area contributed by atoms with E-state index in [0.29, 0.717) is 0 Å². The van der Waals surface area contributed by atoms with Gasteiger partial charge in [0, 0.05) is 0 Å². The molecule has 1 aliphatic rings. The molecule has 0 aliphatic carbocycles. The maximum Gasteiger partial charge on any atom is 0.511 e. The van der Waals surface area contributed by atoms with E-state index in [4.69, 9.17) is 0 Å². The Kier molecular flexibility index (Phi) is 3.51. The molecular weight excluding hydrogens is 255 g/mol. The number of carbonyl (C=O) groups excluding carboxylic acids is 1. The number of halogens is 5. The van der Waals surface area contributed by atoms with Gasteiger partial charge < -0.3 is 14.2 Å². The van der Waals surface area contributed by atoms with Crippen LogP contribution >= 0.6 is 0 Å². The molecule has 1 rings (SSSR count). The van der Waals surface area contributed by atoms with E-state index in [2.05, 4.69) is 14.2 Å². The van der Waals surface area contributed by atoms with Crippen molar-refractivity contribution in [2.45, 2.75) is 31.2 Å². The van der Waals surface area contributed by atoms with Crippen molar-refractivity contribution < 1.29 is 41.0 Å². The Balaban J connectivity index is 3.02. The molecule has 0 N–H and O–H groups in total. The summed E-state index contributed by atoms with van der Waals surface area (Å²) in [4.78, 5) is 10.6. The molecule has 1 aliphatic heterocycles. The van der Waals surface area contributed by atoms with Crippen LogP contribution in [0.3, 0.4) is 0 Å². The molecule has 1 saturated heterocycles. The van der Waals surface area contributed by atoms with E-state index < -0.39 is 37.3 Å². The minimum absolute atomic E-state index is 0.174. The minimum atomic E-state index is -5.91. The van der Waals surface area contributed by atoms with E-state index in [9.17, 15) is 26.7 Å². The summed E-state index contributed by atoms with van der Waals surface area (Å²) in [6.45, 7) is -0.238. The van der Waals surface area contributed by atoms with Gasteiger partial charge in [-0.1, -0.05) is 6.92 Å². The van der Waals surface area contributed by atoms with E-state index in [-0.39, 0.29) is 6.42 Å². The monoisotopic (exact) mass is 264 g/mol. The Bertz CT molecular complexity index is 303. The molecule has 100 valence electrons. The van der Waals surface area contributed by atoms with Crippen LogP contribution in [0.4, 0.5) is 26.7 Å². The molecule has 0 bridgehead atoms. The Morgan fingerprint density at radius 3 is 2.29 bits per heavy atom. The van der Waals surface area contributed by atoms with Crippen molar-refractivity contribution in [1.29, 1.82) is 0 Å². The first-order valence-corrected chi connectivity index (χ1v) is 4.60. The lowest BCUT2D eigenvalue weighted by Gasteiger charge is -2.33. The molecule has 17 heavy (non-hydrogen) atoms. The van der Waals surface area contributed by atoms with Gasteiger partial charge in [0.25, 0.3) is 0 Å². The van der Waals surface area contributed by atoms with Crippen LogP contribution < -0.4 is 0 Å². The lowest BCUT2D eigenvalue weighted by Crippen LogP contribution is -2.60. The molecule has 9 heteroatoms.